The molecule has 0 radical (unpaired) electrons. The van der Waals surface area contributed by atoms with Crippen LogP contribution in [0.1, 0.15) is 27.0 Å². The van der Waals surface area contributed by atoms with Gasteiger partial charge in [0.1, 0.15) is 17.3 Å². The molecule has 4 aromatic carbocycles. The molecule has 174 valence electrons. The second-order valence-electron chi connectivity index (χ2n) is 8.26. The maximum Gasteiger partial charge on any atom is 0.253 e. The van der Waals surface area contributed by atoms with Crippen molar-refractivity contribution < 1.29 is 19.4 Å². The van der Waals surface area contributed by atoms with Gasteiger partial charge in [-0.2, -0.15) is 0 Å². The van der Waals surface area contributed by atoms with Crippen molar-refractivity contribution in [2.24, 2.45) is 4.99 Å². The van der Waals surface area contributed by atoms with Gasteiger partial charge in [0, 0.05) is 40.1 Å². The largest absolute Gasteiger partial charge is 0.508 e. The van der Waals surface area contributed by atoms with E-state index in [9.17, 15) is 19.4 Å². The minimum absolute atomic E-state index is 0.125. The average Bonchev–Trinajstić information content (AvgIpc) is 3.00. The maximum atomic E-state index is 14.2. The van der Waals surface area contributed by atoms with Crippen molar-refractivity contribution in [2.75, 3.05) is 7.05 Å². The van der Waals surface area contributed by atoms with Crippen LogP contribution in [0, 0.1) is 5.82 Å². The Kier molecular flexibility index (Phi) is 6.01. The van der Waals surface area contributed by atoms with Crippen LogP contribution in [-0.2, 0) is 6.54 Å². The molecule has 0 fully saturated rings. The van der Waals surface area contributed by atoms with Crippen LogP contribution in [0.2, 0.25) is 0 Å². The smallest absolute Gasteiger partial charge is 0.253 e. The number of aromatic hydroxyl groups is 2. The Hall–Kier alpha value is -4.10. The van der Waals surface area contributed by atoms with Crippen LogP contribution < -0.4 is 0 Å². The van der Waals surface area contributed by atoms with Crippen LogP contribution in [0.4, 0.5) is 10.1 Å². The number of nitrogens with zero attached hydrogens (tertiary/aromatic N) is 2. The molecular weight excluding hydrogens is 463 g/mol. The molecule has 35 heavy (non-hydrogen) atoms. The zero-order valence-electron chi connectivity index (χ0n) is 18.8. The molecule has 1 amide bonds. The van der Waals surface area contributed by atoms with Gasteiger partial charge < -0.3 is 15.1 Å². The first-order chi connectivity index (χ1) is 16.9. The summed E-state index contributed by atoms with van der Waals surface area (Å²) in [7, 11) is 1.70. The molecule has 2 N–H and O–H groups in total. The van der Waals surface area contributed by atoms with Crippen molar-refractivity contribution >= 4 is 29.1 Å². The first-order valence-electron chi connectivity index (χ1n) is 10.9. The SMILES string of the molecule is CN(Cc1cccc(O)c1)C(=O)c1ccc2c(c1)N=C(c1ccc(O)cc1)c1cc(F)ccc1S2. The number of phenols is 2. The van der Waals surface area contributed by atoms with Crippen molar-refractivity contribution in [1.29, 1.82) is 0 Å². The third-order valence-corrected chi connectivity index (χ3v) is 6.81. The van der Waals surface area contributed by atoms with Gasteiger partial charge in [0.25, 0.3) is 5.91 Å². The molecule has 1 heterocycles. The minimum atomic E-state index is -0.369. The fourth-order valence-corrected chi connectivity index (χ4v) is 4.94. The third kappa shape index (κ3) is 4.76. The summed E-state index contributed by atoms with van der Waals surface area (Å²) in [6.45, 7) is 0.339. The number of phenolic OH excluding ortho intramolecular Hbond substituents is 2. The van der Waals surface area contributed by atoms with Gasteiger partial charge in [-0.05, 0) is 78.4 Å². The Morgan fingerprint density at radius 2 is 1.69 bits per heavy atom. The second kappa shape index (κ2) is 9.27. The van der Waals surface area contributed by atoms with E-state index in [0.29, 0.717) is 29.1 Å². The number of carbonyl (C=O) groups is 1. The summed E-state index contributed by atoms with van der Waals surface area (Å²) in [5.41, 5.74) is 3.82. The number of amides is 1. The summed E-state index contributed by atoms with van der Waals surface area (Å²) in [6.07, 6.45) is 0. The molecule has 5 rings (SSSR count). The Morgan fingerprint density at radius 1 is 0.914 bits per heavy atom. The zero-order valence-corrected chi connectivity index (χ0v) is 19.6. The summed E-state index contributed by atoms with van der Waals surface area (Å²) < 4.78 is 14.2. The highest BCUT2D eigenvalue weighted by Gasteiger charge is 2.22. The van der Waals surface area contributed by atoms with Gasteiger partial charge in [0.05, 0.1) is 11.4 Å². The van der Waals surface area contributed by atoms with Crippen molar-refractivity contribution in [3.63, 3.8) is 0 Å². The van der Waals surface area contributed by atoms with Crippen molar-refractivity contribution in [2.45, 2.75) is 16.3 Å². The number of halogens is 1. The fourth-order valence-electron chi connectivity index (χ4n) is 3.96. The molecule has 0 bridgehead atoms. The average molecular weight is 485 g/mol. The van der Waals surface area contributed by atoms with E-state index >= 15 is 0 Å². The van der Waals surface area contributed by atoms with E-state index in [2.05, 4.69) is 0 Å². The molecule has 0 aliphatic carbocycles. The topological polar surface area (TPSA) is 73.1 Å². The van der Waals surface area contributed by atoms with Gasteiger partial charge in [0.2, 0.25) is 0 Å². The molecule has 0 unspecified atom stereocenters. The number of aliphatic imine (C=N–C) groups is 1. The van der Waals surface area contributed by atoms with Crippen molar-refractivity contribution in [1.82, 2.24) is 4.90 Å². The molecule has 0 spiro atoms. The lowest BCUT2D eigenvalue weighted by molar-refractivity contribution is 0.0785. The van der Waals surface area contributed by atoms with Crippen LogP contribution in [-0.4, -0.2) is 33.8 Å². The predicted molar refractivity (Wildman–Crippen MR) is 134 cm³/mol. The van der Waals surface area contributed by atoms with E-state index in [-0.39, 0.29) is 23.2 Å². The second-order valence-corrected chi connectivity index (χ2v) is 9.35. The molecule has 0 aromatic heterocycles. The number of hydrogen-bond donors (Lipinski definition) is 2. The van der Waals surface area contributed by atoms with Crippen LogP contribution >= 0.6 is 11.8 Å². The molecule has 4 aromatic rings. The summed E-state index contributed by atoms with van der Waals surface area (Å²) in [4.78, 5) is 21.3. The lowest BCUT2D eigenvalue weighted by Gasteiger charge is -2.18. The highest BCUT2D eigenvalue weighted by atomic mass is 32.2. The van der Waals surface area contributed by atoms with Gasteiger partial charge in [-0.3, -0.25) is 4.79 Å². The van der Waals surface area contributed by atoms with E-state index in [4.69, 9.17) is 4.99 Å². The van der Waals surface area contributed by atoms with Gasteiger partial charge >= 0.3 is 0 Å². The highest BCUT2D eigenvalue weighted by molar-refractivity contribution is 7.99. The number of hydrogen-bond acceptors (Lipinski definition) is 5. The Labute approximate surface area is 206 Å². The summed E-state index contributed by atoms with van der Waals surface area (Å²) in [6, 6.07) is 23.3. The normalized spacial score (nSPS) is 12.2. The lowest BCUT2D eigenvalue weighted by atomic mass is 10.0. The highest BCUT2D eigenvalue weighted by Crippen LogP contribution is 2.42. The van der Waals surface area contributed by atoms with Gasteiger partial charge in [0.15, 0.2) is 0 Å². The Morgan fingerprint density at radius 3 is 2.46 bits per heavy atom. The third-order valence-electron chi connectivity index (χ3n) is 5.67. The first kappa shape index (κ1) is 22.7. The maximum absolute atomic E-state index is 14.2. The van der Waals surface area contributed by atoms with E-state index < -0.39 is 0 Å². The molecule has 7 heteroatoms. The summed E-state index contributed by atoms with van der Waals surface area (Å²) in [5, 5.41) is 19.4. The molecule has 0 saturated heterocycles. The van der Waals surface area contributed by atoms with E-state index in [0.717, 1.165) is 20.9 Å². The predicted octanol–water partition coefficient (Wildman–Crippen LogP) is 6.14. The van der Waals surface area contributed by atoms with E-state index in [1.54, 1.807) is 72.6 Å². The van der Waals surface area contributed by atoms with Gasteiger partial charge in [-0.15, -0.1) is 0 Å². The van der Waals surface area contributed by atoms with Crippen LogP contribution in [0.5, 0.6) is 11.5 Å². The molecular formula is C28H21FN2O3S. The monoisotopic (exact) mass is 484 g/mol. The standard InChI is InChI=1S/C28H21FN2O3S/c1-31(16-17-3-2-4-22(33)13-17)28(34)19-7-11-26-24(14-19)30-27(18-5-9-21(32)10-6-18)23-15-20(29)8-12-25(23)35-26/h2-15,32-33H,16H2,1H3. The van der Waals surface area contributed by atoms with E-state index in [1.807, 2.05) is 12.1 Å². The number of benzene rings is 4. The fraction of sp³-hybridized carbons (Fsp3) is 0.0714. The van der Waals surface area contributed by atoms with Crippen molar-refractivity contribution in [3.05, 3.63) is 113 Å². The quantitative estimate of drug-likeness (QED) is 0.321. The number of fused-ring (bicyclic) bond motifs is 2. The minimum Gasteiger partial charge on any atom is -0.508 e. The Bertz CT molecular complexity index is 1470. The molecule has 1 aliphatic heterocycles. The molecule has 5 nitrogen and oxygen atoms in total. The Balaban J connectivity index is 1.54. The number of rotatable bonds is 4. The molecule has 1 aliphatic rings. The van der Waals surface area contributed by atoms with Gasteiger partial charge in [-0.25, -0.2) is 9.38 Å². The first-order valence-corrected chi connectivity index (χ1v) is 11.7. The van der Waals surface area contributed by atoms with Crippen LogP contribution in [0.25, 0.3) is 0 Å². The zero-order chi connectivity index (χ0) is 24.5. The van der Waals surface area contributed by atoms with Crippen LogP contribution in [0.15, 0.2) is 99.7 Å². The summed E-state index contributed by atoms with van der Waals surface area (Å²) >= 11 is 1.46. The van der Waals surface area contributed by atoms with Crippen molar-refractivity contribution in [3.8, 4) is 11.5 Å². The van der Waals surface area contributed by atoms with E-state index in [1.165, 1.54) is 23.9 Å². The van der Waals surface area contributed by atoms with Crippen LogP contribution in [0.3, 0.4) is 0 Å². The molecule has 0 atom stereocenters. The van der Waals surface area contributed by atoms with Gasteiger partial charge in [-0.1, -0.05) is 23.9 Å². The molecule has 0 saturated carbocycles. The number of carbonyl (C=O) groups excluding carboxylic acids is 1. The summed E-state index contributed by atoms with van der Waals surface area (Å²) in [5.74, 6) is -0.279. The lowest BCUT2D eigenvalue weighted by Crippen LogP contribution is -2.26.